The Labute approximate surface area is 108 Å². The van der Waals surface area contributed by atoms with Gasteiger partial charge in [0.1, 0.15) is 5.75 Å². The highest BCUT2D eigenvalue weighted by molar-refractivity contribution is 5.77. The van der Waals surface area contributed by atoms with Crippen LogP contribution >= 0.6 is 0 Å². The van der Waals surface area contributed by atoms with E-state index in [0.29, 0.717) is 12.2 Å². The number of rotatable bonds is 7. The molecule has 0 saturated heterocycles. The van der Waals surface area contributed by atoms with Crippen molar-refractivity contribution in [2.75, 3.05) is 13.2 Å². The van der Waals surface area contributed by atoms with E-state index in [-0.39, 0.29) is 19.1 Å². The summed E-state index contributed by atoms with van der Waals surface area (Å²) in [7, 11) is 0. The molecule has 0 saturated carbocycles. The molecule has 1 unspecified atom stereocenters. The van der Waals surface area contributed by atoms with Crippen molar-refractivity contribution in [2.45, 2.75) is 32.8 Å². The maximum absolute atomic E-state index is 11.4. The summed E-state index contributed by atoms with van der Waals surface area (Å²) in [5.41, 5.74) is 1.15. The third-order valence-electron chi connectivity index (χ3n) is 2.55. The standard InChI is InChI=1S/C14H21NO3/c1-3-4-12(16)9-15-14(17)10-18-13-7-5-11(2)6-8-13/h5-8,12,16H,3-4,9-10H2,1-2H3,(H,15,17). The minimum absolute atomic E-state index is 0.0259. The molecule has 1 rings (SSSR count). The molecule has 1 atom stereocenters. The molecule has 0 aliphatic carbocycles. The third-order valence-corrected chi connectivity index (χ3v) is 2.55. The van der Waals surface area contributed by atoms with Gasteiger partial charge in [0.15, 0.2) is 6.61 Å². The Kier molecular flexibility index (Phi) is 6.22. The first-order chi connectivity index (χ1) is 8.61. The van der Waals surface area contributed by atoms with Gasteiger partial charge in [0.05, 0.1) is 6.10 Å². The minimum Gasteiger partial charge on any atom is -0.484 e. The van der Waals surface area contributed by atoms with Crippen LogP contribution in [0.5, 0.6) is 5.75 Å². The molecule has 4 heteroatoms. The van der Waals surface area contributed by atoms with Gasteiger partial charge >= 0.3 is 0 Å². The van der Waals surface area contributed by atoms with E-state index in [9.17, 15) is 9.90 Å². The lowest BCUT2D eigenvalue weighted by atomic mass is 10.2. The van der Waals surface area contributed by atoms with Crippen LogP contribution in [0.1, 0.15) is 25.3 Å². The molecular weight excluding hydrogens is 230 g/mol. The van der Waals surface area contributed by atoms with Crippen LogP contribution in [-0.2, 0) is 4.79 Å². The maximum atomic E-state index is 11.4. The maximum Gasteiger partial charge on any atom is 0.258 e. The molecule has 18 heavy (non-hydrogen) atoms. The van der Waals surface area contributed by atoms with Crippen LogP contribution in [0, 0.1) is 6.92 Å². The Balaban J connectivity index is 2.22. The number of aliphatic hydroxyl groups is 1. The first-order valence-electron chi connectivity index (χ1n) is 6.26. The minimum atomic E-state index is -0.474. The molecule has 100 valence electrons. The molecule has 0 fully saturated rings. The lowest BCUT2D eigenvalue weighted by Crippen LogP contribution is -2.35. The second kappa shape index (κ2) is 7.71. The van der Waals surface area contributed by atoms with E-state index in [1.165, 1.54) is 0 Å². The molecule has 0 radical (unpaired) electrons. The van der Waals surface area contributed by atoms with Gasteiger partial charge in [-0.15, -0.1) is 0 Å². The fourth-order valence-corrected chi connectivity index (χ4v) is 1.50. The van der Waals surface area contributed by atoms with Gasteiger partial charge in [0.25, 0.3) is 5.91 Å². The van der Waals surface area contributed by atoms with Crippen molar-refractivity contribution in [3.8, 4) is 5.75 Å². The van der Waals surface area contributed by atoms with Gasteiger partial charge in [-0.05, 0) is 25.5 Å². The summed E-state index contributed by atoms with van der Waals surface area (Å²) in [5.74, 6) is 0.454. The van der Waals surface area contributed by atoms with Crippen molar-refractivity contribution in [3.63, 3.8) is 0 Å². The first-order valence-corrected chi connectivity index (χ1v) is 6.26. The van der Waals surface area contributed by atoms with Crippen LogP contribution in [-0.4, -0.2) is 30.3 Å². The highest BCUT2D eigenvalue weighted by Crippen LogP contribution is 2.10. The normalized spacial score (nSPS) is 11.9. The zero-order valence-corrected chi connectivity index (χ0v) is 11.0. The van der Waals surface area contributed by atoms with Crippen molar-refractivity contribution in [2.24, 2.45) is 0 Å². The zero-order valence-electron chi connectivity index (χ0n) is 11.0. The first kappa shape index (κ1) is 14.5. The van der Waals surface area contributed by atoms with E-state index in [1.54, 1.807) is 0 Å². The Hall–Kier alpha value is -1.55. The Bertz CT molecular complexity index is 362. The van der Waals surface area contributed by atoms with Crippen molar-refractivity contribution >= 4 is 5.91 Å². The summed E-state index contributed by atoms with van der Waals surface area (Å²) in [5, 5.41) is 12.1. The monoisotopic (exact) mass is 251 g/mol. The highest BCUT2D eigenvalue weighted by Gasteiger charge is 2.06. The van der Waals surface area contributed by atoms with Crippen LogP contribution in [0.15, 0.2) is 24.3 Å². The van der Waals surface area contributed by atoms with E-state index in [1.807, 2.05) is 38.1 Å². The van der Waals surface area contributed by atoms with Crippen LogP contribution in [0.4, 0.5) is 0 Å². The molecule has 0 aromatic heterocycles. The van der Waals surface area contributed by atoms with Crippen LogP contribution < -0.4 is 10.1 Å². The summed E-state index contributed by atoms with van der Waals surface area (Å²) < 4.78 is 5.32. The molecule has 0 aliphatic rings. The molecule has 1 amide bonds. The second-order valence-corrected chi connectivity index (χ2v) is 4.35. The second-order valence-electron chi connectivity index (χ2n) is 4.35. The highest BCUT2D eigenvalue weighted by atomic mass is 16.5. The number of carbonyl (C=O) groups is 1. The van der Waals surface area contributed by atoms with Crippen molar-refractivity contribution < 1.29 is 14.6 Å². The van der Waals surface area contributed by atoms with Gasteiger partial charge in [-0.1, -0.05) is 31.0 Å². The SMILES string of the molecule is CCCC(O)CNC(=O)COc1ccc(C)cc1. The molecule has 2 N–H and O–H groups in total. The number of hydrogen-bond acceptors (Lipinski definition) is 3. The van der Waals surface area contributed by atoms with Crippen molar-refractivity contribution in [3.05, 3.63) is 29.8 Å². The van der Waals surface area contributed by atoms with E-state index in [4.69, 9.17) is 4.74 Å². The zero-order chi connectivity index (χ0) is 13.4. The topological polar surface area (TPSA) is 58.6 Å². The van der Waals surface area contributed by atoms with E-state index in [0.717, 1.165) is 12.0 Å². The Morgan fingerprint density at radius 3 is 2.67 bits per heavy atom. The number of nitrogens with one attached hydrogen (secondary N) is 1. The summed E-state index contributed by atoms with van der Waals surface area (Å²) >= 11 is 0. The molecular formula is C14H21NO3. The summed E-state index contributed by atoms with van der Waals surface area (Å²) in [6, 6.07) is 7.51. The summed E-state index contributed by atoms with van der Waals surface area (Å²) in [6.07, 6.45) is 1.12. The molecule has 0 spiro atoms. The van der Waals surface area contributed by atoms with Crippen LogP contribution in [0.3, 0.4) is 0 Å². The Morgan fingerprint density at radius 1 is 1.39 bits per heavy atom. The van der Waals surface area contributed by atoms with Gasteiger partial charge in [0, 0.05) is 6.54 Å². The summed E-state index contributed by atoms with van der Waals surface area (Å²) in [6.45, 7) is 4.24. The smallest absolute Gasteiger partial charge is 0.258 e. The fraction of sp³-hybridized carbons (Fsp3) is 0.500. The predicted molar refractivity (Wildman–Crippen MR) is 70.6 cm³/mol. The summed E-state index contributed by atoms with van der Waals surface area (Å²) in [4.78, 5) is 11.4. The van der Waals surface area contributed by atoms with E-state index >= 15 is 0 Å². The van der Waals surface area contributed by atoms with Gasteiger partial charge < -0.3 is 15.2 Å². The van der Waals surface area contributed by atoms with Crippen LogP contribution in [0.2, 0.25) is 0 Å². The molecule has 0 heterocycles. The fourth-order valence-electron chi connectivity index (χ4n) is 1.50. The number of carbonyl (C=O) groups excluding carboxylic acids is 1. The van der Waals surface area contributed by atoms with E-state index in [2.05, 4.69) is 5.32 Å². The lowest BCUT2D eigenvalue weighted by Gasteiger charge is -2.11. The molecule has 0 aliphatic heterocycles. The Morgan fingerprint density at radius 2 is 2.06 bits per heavy atom. The number of ether oxygens (including phenoxy) is 1. The van der Waals surface area contributed by atoms with E-state index < -0.39 is 6.10 Å². The van der Waals surface area contributed by atoms with Crippen molar-refractivity contribution in [1.29, 1.82) is 0 Å². The number of benzene rings is 1. The number of hydrogen-bond donors (Lipinski definition) is 2. The number of aliphatic hydroxyl groups excluding tert-OH is 1. The van der Waals surface area contributed by atoms with Gasteiger partial charge in [-0.2, -0.15) is 0 Å². The quantitative estimate of drug-likeness (QED) is 0.774. The lowest BCUT2D eigenvalue weighted by molar-refractivity contribution is -0.123. The number of aryl methyl sites for hydroxylation is 1. The average molecular weight is 251 g/mol. The molecule has 4 nitrogen and oxygen atoms in total. The average Bonchev–Trinajstić information content (AvgIpc) is 2.36. The largest absolute Gasteiger partial charge is 0.484 e. The predicted octanol–water partition coefficient (Wildman–Crippen LogP) is 1.65. The van der Waals surface area contributed by atoms with Gasteiger partial charge in [0.2, 0.25) is 0 Å². The molecule has 0 bridgehead atoms. The third kappa shape index (κ3) is 5.68. The van der Waals surface area contributed by atoms with Gasteiger partial charge in [-0.25, -0.2) is 0 Å². The molecule has 1 aromatic rings. The molecule has 1 aromatic carbocycles. The number of amides is 1. The van der Waals surface area contributed by atoms with Gasteiger partial charge in [-0.3, -0.25) is 4.79 Å². The van der Waals surface area contributed by atoms with Crippen molar-refractivity contribution in [1.82, 2.24) is 5.32 Å². The van der Waals surface area contributed by atoms with Crippen LogP contribution in [0.25, 0.3) is 0 Å².